The minimum atomic E-state index is -0.431. The quantitative estimate of drug-likeness (QED) is 0.135. The van der Waals surface area contributed by atoms with Crippen molar-refractivity contribution >= 4 is 5.97 Å². The van der Waals surface area contributed by atoms with Crippen molar-refractivity contribution in [2.75, 3.05) is 19.8 Å². The normalized spacial score (nSPS) is 12.8. The lowest BCUT2D eigenvalue weighted by molar-refractivity contribution is -0.225. The summed E-state index contributed by atoms with van der Waals surface area (Å²) in [5.41, 5.74) is 0.473. The van der Waals surface area contributed by atoms with Crippen molar-refractivity contribution in [1.29, 1.82) is 0 Å². The lowest BCUT2D eigenvalue weighted by Crippen LogP contribution is -2.32. The molecule has 4 nitrogen and oxygen atoms in total. The number of rotatable bonds is 17. The highest BCUT2D eigenvalue weighted by molar-refractivity contribution is 5.86. The van der Waals surface area contributed by atoms with Gasteiger partial charge in [0.2, 0.25) is 0 Å². The van der Waals surface area contributed by atoms with Crippen LogP contribution in [0.15, 0.2) is 12.2 Å². The highest BCUT2D eigenvalue weighted by Crippen LogP contribution is 2.24. The van der Waals surface area contributed by atoms with Crippen molar-refractivity contribution in [2.24, 2.45) is 5.92 Å². The van der Waals surface area contributed by atoms with Crippen LogP contribution in [0.2, 0.25) is 0 Å². The fourth-order valence-corrected chi connectivity index (χ4v) is 3.35. The van der Waals surface area contributed by atoms with Gasteiger partial charge < -0.3 is 14.2 Å². The van der Waals surface area contributed by atoms with Gasteiger partial charge in [-0.05, 0) is 52.9 Å². The van der Waals surface area contributed by atoms with Gasteiger partial charge in [0.05, 0.1) is 6.61 Å². The fourth-order valence-electron chi connectivity index (χ4n) is 3.35. The molecule has 0 aliphatic rings. The summed E-state index contributed by atoms with van der Waals surface area (Å²) in [6.45, 7) is 15.5. The summed E-state index contributed by atoms with van der Waals surface area (Å²) in [7, 11) is 0. The van der Waals surface area contributed by atoms with Crippen molar-refractivity contribution in [3.8, 4) is 0 Å². The molecule has 0 saturated carbocycles. The van der Waals surface area contributed by atoms with Crippen LogP contribution in [0.25, 0.3) is 0 Å². The zero-order valence-electron chi connectivity index (χ0n) is 17.9. The van der Waals surface area contributed by atoms with Crippen LogP contribution < -0.4 is 0 Å². The smallest absolute Gasteiger partial charge is 0.333 e. The molecule has 0 bridgehead atoms. The molecule has 1 atom stereocenters. The highest BCUT2D eigenvalue weighted by Gasteiger charge is 2.23. The van der Waals surface area contributed by atoms with Crippen molar-refractivity contribution in [1.82, 2.24) is 0 Å². The third-order valence-electron chi connectivity index (χ3n) is 4.68. The Balaban J connectivity index is 3.98. The van der Waals surface area contributed by atoms with E-state index in [4.69, 9.17) is 14.2 Å². The van der Waals surface area contributed by atoms with Crippen LogP contribution in [0.1, 0.15) is 92.4 Å². The molecular formula is C22H42O4. The first kappa shape index (κ1) is 25.1. The lowest BCUT2D eigenvalue weighted by atomic mass is 9.92. The van der Waals surface area contributed by atoms with E-state index in [-0.39, 0.29) is 5.97 Å². The second-order valence-corrected chi connectivity index (χ2v) is 7.31. The predicted molar refractivity (Wildman–Crippen MR) is 108 cm³/mol. The van der Waals surface area contributed by atoms with E-state index in [1.807, 2.05) is 20.8 Å². The number of hydrogen-bond acceptors (Lipinski definition) is 4. The molecule has 0 rings (SSSR count). The van der Waals surface area contributed by atoms with Gasteiger partial charge >= 0.3 is 5.97 Å². The third-order valence-corrected chi connectivity index (χ3v) is 4.68. The Kier molecular flexibility index (Phi) is 14.7. The third kappa shape index (κ3) is 12.5. The van der Waals surface area contributed by atoms with Gasteiger partial charge in [-0.2, -0.15) is 0 Å². The molecule has 1 unspecified atom stereocenters. The van der Waals surface area contributed by atoms with Crippen molar-refractivity contribution in [3.05, 3.63) is 12.2 Å². The number of hydrogen-bond donors (Lipinski definition) is 0. The first-order valence-electron chi connectivity index (χ1n) is 10.5. The number of unbranched alkanes of at least 4 members (excludes halogenated alkanes) is 2. The standard InChI is InChI=1S/C22H42O4/c1-7-14-20(16-13-18-24-21(23)19(4)5)15-11-10-12-17-22(6,25-8-2)26-9-3/h20H,4,7-18H2,1-3,5-6H3. The monoisotopic (exact) mass is 370 g/mol. The van der Waals surface area contributed by atoms with Crippen LogP contribution in [0, 0.1) is 5.92 Å². The minimum Gasteiger partial charge on any atom is -0.462 e. The number of ether oxygens (including phenoxy) is 3. The Hall–Kier alpha value is -0.870. The van der Waals surface area contributed by atoms with Gasteiger partial charge in [0.1, 0.15) is 0 Å². The summed E-state index contributed by atoms with van der Waals surface area (Å²) in [5, 5.41) is 0. The van der Waals surface area contributed by atoms with Gasteiger partial charge in [0.25, 0.3) is 0 Å². The maximum absolute atomic E-state index is 11.4. The van der Waals surface area contributed by atoms with E-state index in [2.05, 4.69) is 13.5 Å². The molecule has 0 aromatic heterocycles. The maximum atomic E-state index is 11.4. The molecule has 0 aromatic carbocycles. The summed E-state index contributed by atoms with van der Waals surface area (Å²) >= 11 is 0. The van der Waals surface area contributed by atoms with E-state index in [0.717, 1.165) is 31.6 Å². The van der Waals surface area contributed by atoms with Gasteiger partial charge in [0, 0.05) is 25.2 Å². The summed E-state index contributed by atoms with van der Waals surface area (Å²) in [4.78, 5) is 11.4. The fraction of sp³-hybridized carbons (Fsp3) is 0.864. The van der Waals surface area contributed by atoms with Crippen LogP contribution in [0.3, 0.4) is 0 Å². The van der Waals surface area contributed by atoms with Crippen LogP contribution in [-0.4, -0.2) is 31.6 Å². The summed E-state index contributed by atoms with van der Waals surface area (Å²) in [6, 6.07) is 0. The summed E-state index contributed by atoms with van der Waals surface area (Å²) in [6.07, 6.45) is 10.3. The van der Waals surface area contributed by atoms with Crippen LogP contribution in [-0.2, 0) is 19.0 Å². The van der Waals surface area contributed by atoms with E-state index in [9.17, 15) is 4.79 Å². The summed E-state index contributed by atoms with van der Waals surface area (Å²) in [5.74, 6) is 0.0248. The van der Waals surface area contributed by atoms with Gasteiger partial charge in [-0.3, -0.25) is 0 Å². The van der Waals surface area contributed by atoms with Crippen molar-refractivity contribution in [2.45, 2.75) is 98.2 Å². The zero-order valence-corrected chi connectivity index (χ0v) is 17.9. The molecule has 26 heavy (non-hydrogen) atoms. The van der Waals surface area contributed by atoms with Crippen LogP contribution in [0.4, 0.5) is 0 Å². The first-order valence-corrected chi connectivity index (χ1v) is 10.5. The van der Waals surface area contributed by atoms with Gasteiger partial charge in [-0.15, -0.1) is 0 Å². The largest absolute Gasteiger partial charge is 0.462 e. The minimum absolute atomic E-state index is 0.274. The number of carbonyl (C=O) groups is 1. The maximum Gasteiger partial charge on any atom is 0.333 e. The predicted octanol–water partition coefficient (Wildman–Crippen LogP) is 6.04. The highest BCUT2D eigenvalue weighted by atomic mass is 16.7. The first-order chi connectivity index (χ1) is 12.4. The average molecular weight is 371 g/mol. The van der Waals surface area contributed by atoms with Crippen LogP contribution >= 0.6 is 0 Å². The topological polar surface area (TPSA) is 44.8 Å². The molecule has 0 fully saturated rings. The Morgan fingerprint density at radius 3 is 2.12 bits per heavy atom. The van der Waals surface area contributed by atoms with Crippen molar-refractivity contribution in [3.63, 3.8) is 0 Å². The molecule has 0 saturated heterocycles. The number of esters is 1. The molecule has 4 heteroatoms. The molecule has 0 amide bonds. The molecule has 0 aliphatic heterocycles. The Morgan fingerprint density at radius 1 is 0.962 bits per heavy atom. The van der Waals surface area contributed by atoms with Crippen molar-refractivity contribution < 1.29 is 19.0 Å². The molecule has 154 valence electrons. The van der Waals surface area contributed by atoms with Gasteiger partial charge in [0.15, 0.2) is 5.79 Å². The van der Waals surface area contributed by atoms with Gasteiger partial charge in [-0.25, -0.2) is 4.79 Å². The van der Waals surface area contributed by atoms with Gasteiger partial charge in [-0.1, -0.05) is 45.6 Å². The molecule has 0 aliphatic carbocycles. The van der Waals surface area contributed by atoms with E-state index >= 15 is 0 Å². The Morgan fingerprint density at radius 2 is 1.58 bits per heavy atom. The second-order valence-electron chi connectivity index (χ2n) is 7.31. The van der Waals surface area contributed by atoms with E-state index in [1.165, 1.54) is 32.1 Å². The lowest BCUT2D eigenvalue weighted by Gasteiger charge is -2.29. The van der Waals surface area contributed by atoms with E-state index < -0.39 is 5.79 Å². The van der Waals surface area contributed by atoms with E-state index in [1.54, 1.807) is 6.92 Å². The molecular weight excluding hydrogens is 328 g/mol. The zero-order chi connectivity index (χ0) is 19.8. The average Bonchev–Trinajstić information content (AvgIpc) is 2.58. The van der Waals surface area contributed by atoms with E-state index in [0.29, 0.717) is 25.4 Å². The SMILES string of the molecule is C=C(C)C(=O)OCCCC(CCC)CCCCCC(C)(OCC)OCC. The summed E-state index contributed by atoms with van der Waals surface area (Å²) < 4.78 is 16.7. The molecule has 0 spiro atoms. The molecule has 0 radical (unpaired) electrons. The molecule has 0 N–H and O–H groups in total. The molecule has 0 heterocycles. The molecule has 0 aromatic rings. The van der Waals surface area contributed by atoms with Crippen LogP contribution in [0.5, 0.6) is 0 Å². The number of carbonyl (C=O) groups excluding carboxylic acids is 1. The Bertz CT molecular complexity index is 372. The Labute approximate surface area is 161 Å². The second kappa shape index (κ2) is 15.2.